The number of halogens is 1. The number of hydrogen-bond acceptors (Lipinski definition) is 4. The van der Waals surface area contributed by atoms with Crippen LogP contribution in [0.1, 0.15) is 22.7 Å². The third-order valence-corrected chi connectivity index (χ3v) is 6.13. The number of thiocarbonyl (C=S) groups is 1. The first-order valence-electron chi connectivity index (χ1n) is 7.69. The van der Waals surface area contributed by atoms with E-state index in [1.165, 1.54) is 0 Å². The molecule has 2 atom stereocenters. The highest BCUT2D eigenvalue weighted by atomic mass is 79.9. The van der Waals surface area contributed by atoms with Crippen LogP contribution in [0.3, 0.4) is 0 Å². The van der Waals surface area contributed by atoms with Crippen LogP contribution < -0.4 is 10.2 Å². The van der Waals surface area contributed by atoms with E-state index >= 15 is 0 Å². The number of aromatic hydroxyl groups is 1. The summed E-state index contributed by atoms with van der Waals surface area (Å²) in [5.74, 6) is 0.203. The fraction of sp³-hybridized carbons (Fsp3) is 0.111. The monoisotopic (exact) mass is 431 g/mol. The van der Waals surface area contributed by atoms with Crippen LogP contribution in [0.25, 0.3) is 0 Å². The summed E-state index contributed by atoms with van der Waals surface area (Å²) in [5.41, 5.74) is 1.60. The van der Waals surface area contributed by atoms with Gasteiger partial charge in [0.2, 0.25) is 0 Å². The lowest BCUT2D eigenvalue weighted by Gasteiger charge is -2.27. The minimum atomic E-state index is -0.0983. The molecule has 0 amide bonds. The van der Waals surface area contributed by atoms with Gasteiger partial charge in [-0.2, -0.15) is 0 Å². The number of phenols is 1. The fourth-order valence-corrected chi connectivity index (χ4v) is 4.95. The summed E-state index contributed by atoms with van der Waals surface area (Å²) in [7, 11) is 0. The van der Waals surface area contributed by atoms with Gasteiger partial charge in [0.15, 0.2) is 5.11 Å². The van der Waals surface area contributed by atoms with Gasteiger partial charge in [-0.3, -0.25) is 4.98 Å². The predicted molar refractivity (Wildman–Crippen MR) is 108 cm³/mol. The van der Waals surface area contributed by atoms with Gasteiger partial charge >= 0.3 is 0 Å². The SMILES string of the molecule is Oc1ccccc1N1C(=S)N[C@H](c2ccccn2)[C@H]1c1ccc(Br)s1. The molecule has 0 bridgehead atoms. The maximum absolute atomic E-state index is 10.4. The summed E-state index contributed by atoms with van der Waals surface area (Å²) >= 11 is 10.8. The normalized spacial score (nSPS) is 19.9. The second-order valence-corrected chi connectivity index (χ2v) is 8.51. The van der Waals surface area contributed by atoms with Gasteiger partial charge < -0.3 is 15.3 Å². The molecule has 0 aliphatic carbocycles. The van der Waals surface area contributed by atoms with Crippen LogP contribution in [0.4, 0.5) is 5.69 Å². The second kappa shape index (κ2) is 6.74. The molecule has 1 fully saturated rings. The number of anilines is 1. The first-order chi connectivity index (χ1) is 12.1. The minimum absolute atomic E-state index is 0.0907. The molecule has 0 unspecified atom stereocenters. The van der Waals surface area contributed by atoms with E-state index in [-0.39, 0.29) is 17.8 Å². The molecule has 25 heavy (non-hydrogen) atoms. The molecule has 1 aliphatic heterocycles. The van der Waals surface area contributed by atoms with E-state index in [1.54, 1.807) is 29.7 Å². The molecular formula is C18H14BrN3OS2. The molecule has 2 aromatic heterocycles. The minimum Gasteiger partial charge on any atom is -0.506 e. The second-order valence-electron chi connectivity index (χ2n) is 5.63. The molecule has 0 saturated carbocycles. The zero-order valence-corrected chi connectivity index (χ0v) is 16.2. The molecule has 7 heteroatoms. The zero-order chi connectivity index (χ0) is 17.4. The Hall–Kier alpha value is -1.96. The largest absolute Gasteiger partial charge is 0.506 e. The Bertz CT molecular complexity index is 915. The van der Waals surface area contributed by atoms with Crippen molar-refractivity contribution < 1.29 is 5.11 Å². The molecule has 1 aromatic carbocycles. The van der Waals surface area contributed by atoms with Gasteiger partial charge in [-0.1, -0.05) is 18.2 Å². The lowest BCUT2D eigenvalue weighted by atomic mass is 10.0. The number of nitrogens with one attached hydrogen (secondary N) is 1. The van der Waals surface area contributed by atoms with Gasteiger partial charge in [0.25, 0.3) is 0 Å². The van der Waals surface area contributed by atoms with Crippen LogP contribution in [-0.2, 0) is 0 Å². The average Bonchev–Trinajstić information content (AvgIpc) is 3.19. The van der Waals surface area contributed by atoms with Crippen LogP contribution >= 0.6 is 39.5 Å². The number of hydrogen-bond donors (Lipinski definition) is 2. The van der Waals surface area contributed by atoms with Crippen molar-refractivity contribution in [3.8, 4) is 5.75 Å². The smallest absolute Gasteiger partial charge is 0.174 e. The standard InChI is InChI=1S/C18H14BrN3OS2/c19-15-9-8-14(25-15)17-16(11-5-3-4-10-20-11)21-18(24)22(17)12-6-1-2-7-13(12)23/h1-10,16-17,23H,(H,21,24)/t16-,17-/m1/s1. The highest BCUT2D eigenvalue weighted by Gasteiger charge is 2.42. The number of thiophene rings is 1. The average molecular weight is 432 g/mol. The highest BCUT2D eigenvalue weighted by Crippen LogP contribution is 2.46. The molecule has 3 aromatic rings. The van der Waals surface area contributed by atoms with Gasteiger partial charge in [-0.25, -0.2) is 0 Å². The van der Waals surface area contributed by atoms with Crippen LogP contribution in [0, 0.1) is 0 Å². The van der Waals surface area contributed by atoms with Crippen LogP contribution in [0.15, 0.2) is 64.6 Å². The number of nitrogens with zero attached hydrogens (tertiary/aromatic N) is 2. The van der Waals surface area contributed by atoms with E-state index in [2.05, 4.69) is 32.3 Å². The number of aromatic nitrogens is 1. The molecular weight excluding hydrogens is 418 g/mol. The molecule has 3 heterocycles. The van der Waals surface area contributed by atoms with Crippen LogP contribution in [0.5, 0.6) is 5.75 Å². The molecule has 4 rings (SSSR count). The van der Waals surface area contributed by atoms with E-state index in [1.807, 2.05) is 41.3 Å². The molecule has 1 aliphatic rings. The van der Waals surface area contributed by atoms with Crippen molar-refractivity contribution >= 4 is 50.3 Å². The Labute approximate surface area is 163 Å². The lowest BCUT2D eigenvalue weighted by molar-refractivity contribution is 0.473. The van der Waals surface area contributed by atoms with E-state index in [9.17, 15) is 5.11 Å². The maximum Gasteiger partial charge on any atom is 0.174 e. The van der Waals surface area contributed by atoms with E-state index in [0.717, 1.165) is 14.4 Å². The summed E-state index contributed by atoms with van der Waals surface area (Å²) in [4.78, 5) is 7.62. The number of para-hydroxylation sites is 2. The first kappa shape index (κ1) is 16.5. The van der Waals surface area contributed by atoms with Crippen molar-refractivity contribution in [2.24, 2.45) is 0 Å². The summed E-state index contributed by atoms with van der Waals surface area (Å²) in [5, 5.41) is 14.3. The Kier molecular flexibility index (Phi) is 4.45. The Morgan fingerprint density at radius 2 is 1.92 bits per heavy atom. The van der Waals surface area contributed by atoms with Crippen molar-refractivity contribution in [2.45, 2.75) is 12.1 Å². The summed E-state index contributed by atoms with van der Waals surface area (Å²) < 4.78 is 1.05. The van der Waals surface area contributed by atoms with Gasteiger partial charge in [0.05, 0.1) is 27.3 Å². The zero-order valence-electron chi connectivity index (χ0n) is 13.0. The van der Waals surface area contributed by atoms with Crippen molar-refractivity contribution in [1.82, 2.24) is 10.3 Å². The Morgan fingerprint density at radius 1 is 1.12 bits per heavy atom. The molecule has 2 N–H and O–H groups in total. The molecule has 1 saturated heterocycles. The third kappa shape index (κ3) is 3.03. The molecule has 4 nitrogen and oxygen atoms in total. The van der Waals surface area contributed by atoms with Crippen molar-refractivity contribution in [2.75, 3.05) is 4.90 Å². The Morgan fingerprint density at radius 3 is 2.60 bits per heavy atom. The maximum atomic E-state index is 10.4. The van der Waals surface area contributed by atoms with Crippen molar-refractivity contribution in [3.63, 3.8) is 0 Å². The predicted octanol–water partition coefficient (Wildman–Crippen LogP) is 4.79. The Balaban J connectivity index is 1.85. The summed E-state index contributed by atoms with van der Waals surface area (Å²) in [6.07, 6.45) is 1.78. The lowest BCUT2D eigenvalue weighted by Crippen LogP contribution is -2.29. The van der Waals surface area contributed by atoms with E-state index in [4.69, 9.17) is 12.2 Å². The van der Waals surface area contributed by atoms with Crippen LogP contribution in [-0.4, -0.2) is 15.2 Å². The first-order valence-corrected chi connectivity index (χ1v) is 9.71. The van der Waals surface area contributed by atoms with E-state index in [0.29, 0.717) is 10.8 Å². The van der Waals surface area contributed by atoms with Gasteiger partial charge in [0.1, 0.15) is 5.75 Å². The van der Waals surface area contributed by atoms with Crippen molar-refractivity contribution in [1.29, 1.82) is 0 Å². The topological polar surface area (TPSA) is 48.4 Å². The summed E-state index contributed by atoms with van der Waals surface area (Å²) in [6.45, 7) is 0. The van der Waals surface area contributed by atoms with Crippen molar-refractivity contribution in [3.05, 3.63) is 75.2 Å². The van der Waals surface area contributed by atoms with E-state index < -0.39 is 0 Å². The molecule has 0 radical (unpaired) electrons. The van der Waals surface area contributed by atoms with Gasteiger partial charge in [0, 0.05) is 11.1 Å². The molecule has 0 spiro atoms. The van der Waals surface area contributed by atoms with Gasteiger partial charge in [-0.15, -0.1) is 11.3 Å². The molecule has 126 valence electrons. The fourth-order valence-electron chi connectivity index (χ4n) is 3.06. The number of pyridine rings is 1. The summed E-state index contributed by atoms with van der Waals surface area (Å²) in [6, 6.07) is 17.0. The number of rotatable bonds is 3. The third-order valence-electron chi connectivity index (χ3n) is 4.12. The quantitative estimate of drug-likeness (QED) is 0.583. The highest BCUT2D eigenvalue weighted by molar-refractivity contribution is 9.11. The number of benzene rings is 1. The van der Waals surface area contributed by atoms with Gasteiger partial charge in [-0.05, 0) is 64.5 Å². The number of phenolic OH excluding ortho intramolecular Hbond substituents is 1. The van der Waals surface area contributed by atoms with Crippen LogP contribution in [0.2, 0.25) is 0 Å².